The lowest BCUT2D eigenvalue weighted by Crippen LogP contribution is -2.00. The Morgan fingerprint density at radius 2 is 1.80 bits per heavy atom. The van der Waals surface area contributed by atoms with Crippen LogP contribution in [0, 0.1) is 20.8 Å². The van der Waals surface area contributed by atoms with Crippen LogP contribution < -0.4 is 0 Å². The second-order valence-corrected chi connectivity index (χ2v) is 4.58. The van der Waals surface area contributed by atoms with Crippen LogP contribution in [0.3, 0.4) is 0 Å². The Kier molecular flexibility index (Phi) is 4.44. The summed E-state index contributed by atoms with van der Waals surface area (Å²) in [6.45, 7) is 8.48. The van der Waals surface area contributed by atoms with Gasteiger partial charge in [0.05, 0.1) is 8.81 Å². The molecule has 3 heteroatoms. The predicted octanol–water partition coefficient (Wildman–Crippen LogP) is 3.38. The Hall–Kier alpha value is -0.720. The molecule has 0 heterocycles. The lowest BCUT2D eigenvalue weighted by molar-refractivity contribution is 0.107. The first kappa shape index (κ1) is 12.4. The van der Waals surface area contributed by atoms with Gasteiger partial charge in [0.25, 0.3) is 0 Å². The van der Waals surface area contributed by atoms with Crippen LogP contribution in [0.15, 0.2) is 12.1 Å². The summed E-state index contributed by atoms with van der Waals surface area (Å²) in [5, 5.41) is 0. The molecular formula is C12H17O2P. The van der Waals surface area contributed by atoms with E-state index in [1.807, 2.05) is 39.8 Å². The molecule has 0 aliphatic carbocycles. The molecule has 0 aromatic heterocycles. The number of carbonyl (C=O) groups excluding carboxylic acids is 1. The molecule has 2 nitrogen and oxygen atoms in total. The molecule has 1 unspecified atom stereocenters. The summed E-state index contributed by atoms with van der Waals surface area (Å²) in [7, 11) is -0.0659. The van der Waals surface area contributed by atoms with E-state index < -0.39 is 0 Å². The smallest absolute Gasteiger partial charge is 0.208 e. The average molecular weight is 224 g/mol. The first-order chi connectivity index (χ1) is 7.06. The van der Waals surface area contributed by atoms with Crippen molar-refractivity contribution in [1.29, 1.82) is 0 Å². The molecule has 82 valence electrons. The van der Waals surface area contributed by atoms with Crippen molar-refractivity contribution in [3.8, 4) is 0 Å². The van der Waals surface area contributed by atoms with E-state index >= 15 is 0 Å². The quantitative estimate of drug-likeness (QED) is 0.733. The minimum absolute atomic E-state index is 0.0659. The minimum Gasteiger partial charge on any atom is -0.354 e. The molecule has 0 bridgehead atoms. The topological polar surface area (TPSA) is 26.3 Å². The molecule has 0 N–H and O–H groups in total. The van der Waals surface area contributed by atoms with Gasteiger partial charge in [-0.25, -0.2) is 0 Å². The standard InChI is InChI=1S/C12H17O2P/c1-5-14-15-12(13)11-9(3)6-8(2)7-10(11)4/h6-7,15H,5H2,1-4H3. The monoisotopic (exact) mass is 224 g/mol. The van der Waals surface area contributed by atoms with Crippen LogP contribution in [0.1, 0.15) is 34.0 Å². The summed E-state index contributed by atoms with van der Waals surface area (Å²) in [5.41, 5.74) is 4.22. The predicted molar refractivity (Wildman–Crippen MR) is 64.9 cm³/mol. The lowest BCUT2D eigenvalue weighted by atomic mass is 10.0. The van der Waals surface area contributed by atoms with E-state index in [0.717, 1.165) is 16.7 Å². The Bertz CT molecular complexity index is 349. The molecule has 1 aromatic carbocycles. The number of rotatable bonds is 4. The van der Waals surface area contributed by atoms with Crippen molar-refractivity contribution >= 4 is 14.3 Å². The van der Waals surface area contributed by atoms with E-state index in [1.54, 1.807) is 0 Å². The van der Waals surface area contributed by atoms with Gasteiger partial charge in [0.2, 0.25) is 5.52 Å². The fraction of sp³-hybridized carbons (Fsp3) is 0.417. The third-order valence-corrected chi connectivity index (χ3v) is 3.08. The molecule has 0 aliphatic rings. The summed E-state index contributed by atoms with van der Waals surface area (Å²) in [5.74, 6) is 0. The van der Waals surface area contributed by atoms with Gasteiger partial charge >= 0.3 is 0 Å². The largest absolute Gasteiger partial charge is 0.354 e. The zero-order valence-electron chi connectivity index (χ0n) is 9.68. The number of benzene rings is 1. The van der Waals surface area contributed by atoms with Gasteiger partial charge in [-0.15, -0.1) is 0 Å². The Morgan fingerprint density at radius 1 is 1.27 bits per heavy atom. The first-order valence-electron chi connectivity index (χ1n) is 5.06. The number of aryl methyl sites for hydroxylation is 3. The number of carbonyl (C=O) groups is 1. The summed E-state index contributed by atoms with van der Waals surface area (Å²) in [6.07, 6.45) is 0. The molecule has 1 rings (SSSR count). The maximum absolute atomic E-state index is 11.8. The Balaban J connectivity index is 2.98. The molecular weight excluding hydrogens is 207 g/mol. The summed E-state index contributed by atoms with van der Waals surface area (Å²) in [6, 6.07) is 4.08. The van der Waals surface area contributed by atoms with Gasteiger partial charge in [-0.2, -0.15) is 0 Å². The zero-order chi connectivity index (χ0) is 11.4. The van der Waals surface area contributed by atoms with Gasteiger partial charge in [0, 0.05) is 12.2 Å². The van der Waals surface area contributed by atoms with Crippen molar-refractivity contribution in [2.45, 2.75) is 27.7 Å². The van der Waals surface area contributed by atoms with Gasteiger partial charge in [-0.05, 0) is 38.8 Å². The third-order valence-electron chi connectivity index (χ3n) is 2.21. The third kappa shape index (κ3) is 3.12. The van der Waals surface area contributed by atoms with Crippen LogP contribution >= 0.6 is 8.81 Å². The first-order valence-corrected chi connectivity index (χ1v) is 5.97. The van der Waals surface area contributed by atoms with Crippen molar-refractivity contribution in [2.24, 2.45) is 0 Å². The van der Waals surface area contributed by atoms with Crippen molar-refractivity contribution in [1.82, 2.24) is 0 Å². The van der Waals surface area contributed by atoms with Crippen molar-refractivity contribution in [3.05, 3.63) is 34.4 Å². The molecule has 15 heavy (non-hydrogen) atoms. The van der Waals surface area contributed by atoms with Gasteiger partial charge in [-0.1, -0.05) is 17.7 Å². The molecule has 0 saturated carbocycles. The SMILES string of the molecule is CCOPC(=O)c1c(C)cc(C)cc1C. The van der Waals surface area contributed by atoms with Crippen molar-refractivity contribution in [2.75, 3.05) is 6.61 Å². The summed E-state index contributed by atoms with van der Waals surface area (Å²) in [4.78, 5) is 11.8. The fourth-order valence-corrected chi connectivity index (χ4v) is 2.50. The van der Waals surface area contributed by atoms with Crippen molar-refractivity contribution < 1.29 is 9.32 Å². The number of hydrogen-bond donors (Lipinski definition) is 0. The van der Waals surface area contributed by atoms with Crippen LogP contribution in [0.2, 0.25) is 0 Å². The summed E-state index contributed by atoms with van der Waals surface area (Å²) >= 11 is 0. The highest BCUT2D eigenvalue weighted by molar-refractivity contribution is 7.54. The molecule has 0 fully saturated rings. The molecule has 0 aliphatic heterocycles. The highest BCUT2D eigenvalue weighted by atomic mass is 31.1. The van der Waals surface area contributed by atoms with E-state index in [0.29, 0.717) is 6.61 Å². The Labute approximate surface area is 92.9 Å². The van der Waals surface area contributed by atoms with Gasteiger partial charge in [-0.3, -0.25) is 4.79 Å². The van der Waals surface area contributed by atoms with E-state index in [2.05, 4.69) is 0 Å². The average Bonchev–Trinajstić information content (AvgIpc) is 2.12. The van der Waals surface area contributed by atoms with Crippen LogP contribution in [0.4, 0.5) is 0 Å². The molecule has 1 atom stereocenters. The Morgan fingerprint density at radius 3 is 2.27 bits per heavy atom. The molecule has 0 spiro atoms. The van der Waals surface area contributed by atoms with E-state index in [4.69, 9.17) is 4.52 Å². The summed E-state index contributed by atoms with van der Waals surface area (Å²) < 4.78 is 5.17. The van der Waals surface area contributed by atoms with Crippen LogP contribution in [-0.4, -0.2) is 12.1 Å². The van der Waals surface area contributed by atoms with Crippen LogP contribution in [0.5, 0.6) is 0 Å². The zero-order valence-corrected chi connectivity index (χ0v) is 10.7. The molecule has 0 saturated heterocycles. The highest BCUT2D eigenvalue weighted by Crippen LogP contribution is 2.25. The molecule has 0 radical (unpaired) electrons. The van der Waals surface area contributed by atoms with E-state index in [-0.39, 0.29) is 14.3 Å². The molecule has 0 amide bonds. The van der Waals surface area contributed by atoms with Gasteiger partial charge in [0.15, 0.2) is 0 Å². The van der Waals surface area contributed by atoms with Crippen LogP contribution in [0.25, 0.3) is 0 Å². The van der Waals surface area contributed by atoms with Crippen molar-refractivity contribution in [3.63, 3.8) is 0 Å². The lowest BCUT2D eigenvalue weighted by Gasteiger charge is -2.09. The highest BCUT2D eigenvalue weighted by Gasteiger charge is 2.12. The van der Waals surface area contributed by atoms with Gasteiger partial charge < -0.3 is 4.52 Å². The second-order valence-electron chi connectivity index (χ2n) is 3.64. The van der Waals surface area contributed by atoms with Crippen LogP contribution in [-0.2, 0) is 4.52 Å². The van der Waals surface area contributed by atoms with E-state index in [1.165, 1.54) is 5.56 Å². The van der Waals surface area contributed by atoms with E-state index in [9.17, 15) is 4.79 Å². The fourth-order valence-electron chi connectivity index (χ4n) is 1.73. The van der Waals surface area contributed by atoms with Gasteiger partial charge in [0.1, 0.15) is 0 Å². The maximum Gasteiger partial charge on any atom is 0.208 e. The molecule has 1 aromatic rings. The maximum atomic E-state index is 11.8. The number of hydrogen-bond acceptors (Lipinski definition) is 2. The second kappa shape index (κ2) is 5.39. The normalized spacial score (nSPS) is 11.2. The minimum atomic E-state index is -0.0659.